The quantitative estimate of drug-likeness (QED) is 0.800. The van der Waals surface area contributed by atoms with E-state index in [0.29, 0.717) is 0 Å². The molecule has 1 saturated heterocycles. The van der Waals surface area contributed by atoms with E-state index in [1.165, 1.54) is 0 Å². The van der Waals surface area contributed by atoms with Crippen LogP contribution in [0.2, 0.25) is 0 Å². The van der Waals surface area contributed by atoms with Gasteiger partial charge in [-0.05, 0) is 38.6 Å². The van der Waals surface area contributed by atoms with Crippen LogP contribution in [-0.2, 0) is 15.6 Å². The van der Waals surface area contributed by atoms with E-state index in [0.717, 1.165) is 50.8 Å². The highest BCUT2D eigenvalue weighted by Crippen LogP contribution is 2.23. The summed E-state index contributed by atoms with van der Waals surface area (Å²) in [5, 5.41) is 6.64. The lowest BCUT2D eigenvalue weighted by molar-refractivity contribution is -0.123. The van der Waals surface area contributed by atoms with Crippen LogP contribution in [-0.4, -0.2) is 39.7 Å². The highest BCUT2D eigenvalue weighted by molar-refractivity contribution is 7.85. The maximum Gasteiger partial charge on any atom is 0.237 e. The number of carbonyl (C=O) groups is 1. The van der Waals surface area contributed by atoms with Gasteiger partial charge in [0.25, 0.3) is 0 Å². The maximum atomic E-state index is 12.0. The van der Waals surface area contributed by atoms with Crippen molar-refractivity contribution in [1.82, 2.24) is 10.6 Å². The van der Waals surface area contributed by atoms with Crippen LogP contribution in [0.4, 0.5) is 0 Å². The molecule has 1 aliphatic carbocycles. The summed E-state index contributed by atoms with van der Waals surface area (Å²) in [7, 11) is -0.718. The van der Waals surface area contributed by atoms with Crippen molar-refractivity contribution in [2.24, 2.45) is 0 Å². The molecule has 0 bridgehead atoms. The van der Waals surface area contributed by atoms with Crippen molar-refractivity contribution >= 4 is 16.7 Å². The smallest absolute Gasteiger partial charge is 0.237 e. The summed E-state index contributed by atoms with van der Waals surface area (Å²) in [4.78, 5) is 12.0. The summed E-state index contributed by atoms with van der Waals surface area (Å²) in [6.45, 7) is 2.92. The zero-order valence-electron chi connectivity index (χ0n) is 11.1. The van der Waals surface area contributed by atoms with E-state index in [2.05, 4.69) is 10.6 Å². The number of nitrogens with one attached hydrogen (secondary N) is 2. The van der Waals surface area contributed by atoms with Crippen molar-refractivity contribution in [3.05, 3.63) is 0 Å². The molecule has 0 radical (unpaired) electrons. The minimum absolute atomic E-state index is 0.00190. The first-order valence-electron chi connectivity index (χ1n) is 7.11. The van der Waals surface area contributed by atoms with Gasteiger partial charge in [0, 0.05) is 27.8 Å². The highest BCUT2D eigenvalue weighted by atomic mass is 32.2. The lowest BCUT2D eigenvalue weighted by Crippen LogP contribution is -2.47. The van der Waals surface area contributed by atoms with Gasteiger partial charge in [0.05, 0.1) is 6.04 Å². The van der Waals surface area contributed by atoms with E-state index in [1.54, 1.807) is 0 Å². The molecule has 0 spiro atoms. The van der Waals surface area contributed by atoms with Crippen LogP contribution in [0.1, 0.15) is 45.4 Å². The topological polar surface area (TPSA) is 58.2 Å². The second-order valence-corrected chi connectivity index (χ2v) is 7.32. The summed E-state index contributed by atoms with van der Waals surface area (Å²) < 4.78 is 11.8. The van der Waals surface area contributed by atoms with Crippen LogP contribution in [0.3, 0.4) is 0 Å². The number of hydrogen-bond acceptors (Lipinski definition) is 3. The molecule has 2 N–H and O–H groups in total. The van der Waals surface area contributed by atoms with E-state index in [9.17, 15) is 9.00 Å². The Balaban J connectivity index is 1.81. The molecular weight excluding hydrogens is 248 g/mol. The van der Waals surface area contributed by atoms with E-state index in [-0.39, 0.29) is 23.2 Å². The van der Waals surface area contributed by atoms with Gasteiger partial charge in [-0.1, -0.05) is 13.3 Å². The first kappa shape index (κ1) is 14.0. The minimum Gasteiger partial charge on any atom is -0.352 e. The van der Waals surface area contributed by atoms with Crippen LogP contribution in [0, 0.1) is 0 Å². The average molecular weight is 272 g/mol. The zero-order valence-corrected chi connectivity index (χ0v) is 11.9. The molecule has 0 aromatic carbocycles. The van der Waals surface area contributed by atoms with Crippen molar-refractivity contribution in [2.45, 2.75) is 62.8 Å². The van der Waals surface area contributed by atoms with Crippen molar-refractivity contribution in [3.63, 3.8) is 0 Å². The van der Waals surface area contributed by atoms with E-state index >= 15 is 0 Å². The van der Waals surface area contributed by atoms with Crippen LogP contribution >= 0.6 is 0 Å². The summed E-state index contributed by atoms with van der Waals surface area (Å²) >= 11 is 0. The van der Waals surface area contributed by atoms with Crippen molar-refractivity contribution in [2.75, 3.05) is 12.3 Å². The fraction of sp³-hybridized carbons (Fsp3) is 0.923. The molecule has 4 nitrogen and oxygen atoms in total. The molecule has 4 unspecified atom stereocenters. The monoisotopic (exact) mass is 272 g/mol. The fourth-order valence-corrected chi connectivity index (χ4v) is 4.31. The molecule has 1 amide bonds. The van der Waals surface area contributed by atoms with Gasteiger partial charge in [0.15, 0.2) is 0 Å². The van der Waals surface area contributed by atoms with Crippen molar-refractivity contribution < 1.29 is 9.00 Å². The summed E-state index contributed by atoms with van der Waals surface area (Å²) in [5.41, 5.74) is 0. The third-order valence-electron chi connectivity index (χ3n) is 4.01. The molecule has 1 heterocycles. The zero-order chi connectivity index (χ0) is 13.0. The van der Waals surface area contributed by atoms with E-state index < -0.39 is 10.8 Å². The van der Waals surface area contributed by atoms with Crippen LogP contribution in [0.15, 0.2) is 0 Å². The van der Waals surface area contributed by atoms with Crippen molar-refractivity contribution in [1.29, 1.82) is 0 Å². The third-order valence-corrected chi connectivity index (χ3v) is 5.75. The standard InChI is InChI=1S/C13H24N2O2S/c1-2-18(17)11-6-3-5-10(9-11)15-13(16)12-7-4-8-14-12/h10-12,14H,2-9H2,1H3,(H,15,16). The fourth-order valence-electron chi connectivity index (χ4n) is 2.96. The van der Waals surface area contributed by atoms with Gasteiger partial charge < -0.3 is 10.6 Å². The molecule has 0 aromatic heterocycles. The van der Waals surface area contributed by atoms with Gasteiger partial charge in [0.2, 0.25) is 5.91 Å². The van der Waals surface area contributed by atoms with Gasteiger partial charge in [-0.2, -0.15) is 0 Å². The molecule has 0 aromatic rings. The molecule has 104 valence electrons. The van der Waals surface area contributed by atoms with Gasteiger partial charge >= 0.3 is 0 Å². The Morgan fingerprint density at radius 1 is 1.33 bits per heavy atom. The largest absolute Gasteiger partial charge is 0.352 e. The minimum atomic E-state index is -0.718. The van der Waals surface area contributed by atoms with Crippen LogP contribution < -0.4 is 10.6 Å². The molecule has 1 aliphatic heterocycles. The Bertz CT molecular complexity index is 316. The Morgan fingerprint density at radius 2 is 2.17 bits per heavy atom. The Morgan fingerprint density at radius 3 is 2.83 bits per heavy atom. The van der Waals surface area contributed by atoms with Gasteiger partial charge in [-0.3, -0.25) is 9.00 Å². The van der Waals surface area contributed by atoms with Crippen LogP contribution in [0.5, 0.6) is 0 Å². The SMILES string of the molecule is CCS(=O)C1CCCC(NC(=O)C2CCCN2)C1. The van der Waals surface area contributed by atoms with Gasteiger partial charge in [-0.15, -0.1) is 0 Å². The second-order valence-electron chi connectivity index (χ2n) is 5.31. The highest BCUT2D eigenvalue weighted by Gasteiger charge is 2.29. The average Bonchev–Trinajstić information content (AvgIpc) is 2.92. The summed E-state index contributed by atoms with van der Waals surface area (Å²) in [5.74, 6) is 0.871. The predicted molar refractivity (Wildman–Crippen MR) is 73.9 cm³/mol. The van der Waals surface area contributed by atoms with E-state index in [4.69, 9.17) is 0 Å². The lowest BCUT2D eigenvalue weighted by Gasteiger charge is -2.29. The van der Waals surface area contributed by atoms with Gasteiger partial charge in [0.1, 0.15) is 0 Å². The lowest BCUT2D eigenvalue weighted by atomic mass is 9.94. The first-order valence-corrected chi connectivity index (χ1v) is 8.50. The maximum absolute atomic E-state index is 12.0. The normalized spacial score (nSPS) is 34.2. The van der Waals surface area contributed by atoms with Gasteiger partial charge in [-0.25, -0.2) is 0 Å². The molecule has 4 atom stereocenters. The molecular formula is C13H24N2O2S. The summed E-state index contributed by atoms with van der Waals surface area (Å²) in [6, 6.07) is 0.233. The van der Waals surface area contributed by atoms with E-state index in [1.807, 2.05) is 6.92 Å². The number of carbonyl (C=O) groups excluding carboxylic acids is 1. The Kier molecular flexibility index (Phi) is 5.18. The number of rotatable bonds is 4. The second kappa shape index (κ2) is 6.66. The molecule has 2 fully saturated rings. The summed E-state index contributed by atoms with van der Waals surface area (Å²) in [6.07, 6.45) is 6.09. The number of amides is 1. The number of hydrogen-bond donors (Lipinski definition) is 2. The Labute approximate surface area is 112 Å². The molecule has 5 heteroatoms. The van der Waals surface area contributed by atoms with Crippen molar-refractivity contribution in [3.8, 4) is 0 Å². The molecule has 18 heavy (non-hydrogen) atoms. The Hall–Kier alpha value is -0.420. The first-order chi connectivity index (χ1) is 8.70. The molecule has 2 aliphatic rings. The third kappa shape index (κ3) is 3.54. The molecule has 2 rings (SSSR count). The molecule has 1 saturated carbocycles. The predicted octanol–water partition coefficient (Wildman–Crippen LogP) is 0.934. The van der Waals surface area contributed by atoms with Crippen LogP contribution in [0.25, 0.3) is 0 Å².